The fourth-order valence-corrected chi connectivity index (χ4v) is 3.40. The Bertz CT molecular complexity index is 759. The van der Waals surface area contributed by atoms with Crippen LogP contribution >= 0.6 is 24.0 Å². The van der Waals surface area contributed by atoms with Crippen LogP contribution in [0.3, 0.4) is 0 Å². The summed E-state index contributed by atoms with van der Waals surface area (Å²) in [5, 5.41) is 0.410. The molecule has 1 unspecified atom stereocenters. The predicted molar refractivity (Wildman–Crippen MR) is 83.2 cm³/mol. The summed E-state index contributed by atoms with van der Waals surface area (Å²) in [5.74, 6) is 0. The molecule has 2 aromatic rings. The zero-order valence-corrected chi connectivity index (χ0v) is 13.5. The largest absolute Gasteiger partial charge is 0.329 e. The molecule has 0 saturated carbocycles. The first-order valence-corrected chi connectivity index (χ1v) is 9.37. The highest BCUT2D eigenvalue weighted by Crippen LogP contribution is 2.23. The van der Waals surface area contributed by atoms with Gasteiger partial charge in [0.05, 0.1) is 15.9 Å². The van der Waals surface area contributed by atoms with E-state index in [4.69, 9.17) is 12.2 Å². The number of nitrogens with one attached hydrogen (secondary N) is 1. The molecule has 0 saturated heterocycles. The topological polar surface area (TPSA) is 54.9 Å². The minimum atomic E-state index is -3.26. The standard InChI is InChI=1S/C12H16N2O2S3/c1-8(18-2)7-14-9-5-4-6-10(19(3,15)16)11(9)13-12(14)17/h4-6,8H,7H2,1-3H3,(H,13,17). The number of fused-ring (bicyclic) bond motifs is 1. The van der Waals surface area contributed by atoms with Gasteiger partial charge in [-0.25, -0.2) is 8.42 Å². The lowest BCUT2D eigenvalue weighted by molar-refractivity contribution is 0.602. The first kappa shape index (κ1) is 14.6. The van der Waals surface area contributed by atoms with E-state index in [9.17, 15) is 8.42 Å². The highest BCUT2D eigenvalue weighted by molar-refractivity contribution is 7.99. The average Bonchev–Trinajstić information content (AvgIpc) is 2.64. The van der Waals surface area contributed by atoms with Crippen molar-refractivity contribution in [1.29, 1.82) is 0 Å². The Kier molecular flexibility index (Phi) is 4.08. The molecule has 1 N–H and O–H groups in total. The van der Waals surface area contributed by atoms with E-state index in [1.54, 1.807) is 23.9 Å². The van der Waals surface area contributed by atoms with Gasteiger partial charge in [0, 0.05) is 18.1 Å². The van der Waals surface area contributed by atoms with Gasteiger partial charge in [-0.05, 0) is 30.6 Å². The Hall–Kier alpha value is -0.790. The summed E-state index contributed by atoms with van der Waals surface area (Å²) in [7, 11) is -3.26. The molecular weight excluding hydrogens is 300 g/mol. The van der Waals surface area contributed by atoms with Crippen LogP contribution in [0.4, 0.5) is 0 Å². The number of hydrogen-bond acceptors (Lipinski definition) is 4. The predicted octanol–water partition coefficient (Wildman–Crippen LogP) is 2.85. The molecule has 1 aromatic heterocycles. The number of H-pyrrole nitrogens is 1. The molecule has 2 rings (SSSR count). The summed E-state index contributed by atoms with van der Waals surface area (Å²) in [6.07, 6.45) is 3.26. The van der Waals surface area contributed by atoms with E-state index >= 15 is 0 Å². The van der Waals surface area contributed by atoms with Crippen molar-refractivity contribution in [3.8, 4) is 0 Å². The molecule has 1 atom stereocenters. The van der Waals surface area contributed by atoms with Gasteiger partial charge in [-0.15, -0.1) is 0 Å². The van der Waals surface area contributed by atoms with Crippen molar-refractivity contribution in [2.24, 2.45) is 0 Å². The van der Waals surface area contributed by atoms with Gasteiger partial charge in [-0.1, -0.05) is 13.0 Å². The SMILES string of the molecule is CSC(C)Cn1c(=S)[nH]c2c(S(C)(=O)=O)cccc21. The van der Waals surface area contributed by atoms with Crippen LogP contribution in [-0.2, 0) is 16.4 Å². The van der Waals surface area contributed by atoms with E-state index in [0.29, 0.717) is 20.4 Å². The lowest BCUT2D eigenvalue weighted by Crippen LogP contribution is -2.08. The van der Waals surface area contributed by atoms with Crippen molar-refractivity contribution in [3.05, 3.63) is 23.0 Å². The quantitative estimate of drug-likeness (QED) is 0.881. The van der Waals surface area contributed by atoms with Crippen LogP contribution < -0.4 is 0 Å². The van der Waals surface area contributed by atoms with Gasteiger partial charge >= 0.3 is 0 Å². The van der Waals surface area contributed by atoms with E-state index < -0.39 is 9.84 Å². The monoisotopic (exact) mass is 316 g/mol. The van der Waals surface area contributed by atoms with Crippen LogP contribution in [0.1, 0.15) is 6.92 Å². The Balaban J connectivity index is 2.70. The lowest BCUT2D eigenvalue weighted by atomic mass is 10.3. The maximum absolute atomic E-state index is 11.8. The molecule has 7 heteroatoms. The number of sulfone groups is 1. The number of benzene rings is 1. The highest BCUT2D eigenvalue weighted by Gasteiger charge is 2.16. The zero-order valence-electron chi connectivity index (χ0n) is 11.0. The molecule has 0 radical (unpaired) electrons. The third kappa shape index (κ3) is 2.88. The van der Waals surface area contributed by atoms with Crippen LogP contribution in [0.15, 0.2) is 23.1 Å². The number of hydrogen-bond donors (Lipinski definition) is 1. The van der Waals surface area contributed by atoms with Crippen LogP contribution in [-0.4, -0.2) is 35.7 Å². The van der Waals surface area contributed by atoms with Crippen molar-refractivity contribution >= 4 is 44.9 Å². The van der Waals surface area contributed by atoms with E-state index in [2.05, 4.69) is 11.9 Å². The number of thioether (sulfide) groups is 1. The average molecular weight is 316 g/mol. The molecule has 0 bridgehead atoms. The molecule has 0 aliphatic carbocycles. The molecule has 1 aromatic carbocycles. The lowest BCUT2D eigenvalue weighted by Gasteiger charge is -2.10. The number of aromatic amines is 1. The third-order valence-electron chi connectivity index (χ3n) is 3.01. The van der Waals surface area contributed by atoms with Gasteiger partial charge in [-0.2, -0.15) is 11.8 Å². The van der Waals surface area contributed by atoms with Gasteiger partial charge in [0.1, 0.15) is 0 Å². The van der Waals surface area contributed by atoms with Gasteiger partial charge in [-0.3, -0.25) is 0 Å². The third-order valence-corrected chi connectivity index (χ3v) is 5.43. The van der Waals surface area contributed by atoms with Gasteiger partial charge in [0.25, 0.3) is 0 Å². The molecular formula is C12H16N2O2S3. The minimum absolute atomic E-state index is 0.298. The molecule has 0 fully saturated rings. The smallest absolute Gasteiger partial charge is 0.178 e. The molecule has 1 heterocycles. The van der Waals surface area contributed by atoms with E-state index in [0.717, 1.165) is 12.1 Å². The van der Waals surface area contributed by atoms with Crippen LogP contribution in [0.2, 0.25) is 0 Å². The molecule has 19 heavy (non-hydrogen) atoms. The molecule has 0 aliphatic rings. The van der Waals surface area contributed by atoms with Crippen molar-refractivity contribution < 1.29 is 8.42 Å². The van der Waals surface area contributed by atoms with Crippen LogP contribution in [0, 0.1) is 4.77 Å². The van der Waals surface area contributed by atoms with E-state index in [1.165, 1.54) is 6.26 Å². The van der Waals surface area contributed by atoms with Crippen molar-refractivity contribution in [2.75, 3.05) is 12.5 Å². The molecule has 104 valence electrons. The number of nitrogens with zero attached hydrogens (tertiary/aromatic N) is 1. The van der Waals surface area contributed by atoms with Crippen molar-refractivity contribution in [3.63, 3.8) is 0 Å². The first-order valence-electron chi connectivity index (χ1n) is 5.79. The maximum atomic E-state index is 11.8. The summed E-state index contributed by atoms with van der Waals surface area (Å²) in [4.78, 5) is 3.32. The Morgan fingerprint density at radius 2 is 2.16 bits per heavy atom. The minimum Gasteiger partial charge on any atom is -0.329 e. The Morgan fingerprint density at radius 3 is 2.74 bits per heavy atom. The van der Waals surface area contributed by atoms with Crippen molar-refractivity contribution in [2.45, 2.75) is 23.6 Å². The van der Waals surface area contributed by atoms with Gasteiger partial charge in [0.15, 0.2) is 14.6 Å². The van der Waals surface area contributed by atoms with E-state index in [1.807, 2.05) is 16.9 Å². The summed E-state index contributed by atoms with van der Waals surface area (Å²) in [6, 6.07) is 5.25. The summed E-state index contributed by atoms with van der Waals surface area (Å²) < 4.78 is 26.1. The summed E-state index contributed by atoms with van der Waals surface area (Å²) in [5.41, 5.74) is 1.44. The number of rotatable bonds is 4. The number of para-hydroxylation sites is 1. The first-order chi connectivity index (χ1) is 8.84. The Morgan fingerprint density at radius 1 is 1.47 bits per heavy atom. The summed E-state index contributed by atoms with van der Waals surface area (Å²) in [6.45, 7) is 2.87. The second-order valence-electron chi connectivity index (χ2n) is 4.51. The molecule has 0 spiro atoms. The van der Waals surface area contributed by atoms with Gasteiger partial charge in [0.2, 0.25) is 0 Å². The van der Waals surface area contributed by atoms with E-state index in [-0.39, 0.29) is 0 Å². The maximum Gasteiger partial charge on any atom is 0.178 e. The fourth-order valence-electron chi connectivity index (χ4n) is 1.98. The zero-order chi connectivity index (χ0) is 14.2. The molecule has 0 aliphatic heterocycles. The number of imidazole rings is 1. The molecule has 4 nitrogen and oxygen atoms in total. The second kappa shape index (κ2) is 5.30. The van der Waals surface area contributed by atoms with Crippen LogP contribution in [0.5, 0.6) is 0 Å². The van der Waals surface area contributed by atoms with Crippen LogP contribution in [0.25, 0.3) is 11.0 Å². The van der Waals surface area contributed by atoms with Gasteiger partial charge < -0.3 is 9.55 Å². The highest BCUT2D eigenvalue weighted by atomic mass is 32.2. The fraction of sp³-hybridized carbons (Fsp3) is 0.417. The molecule has 0 amide bonds. The van der Waals surface area contributed by atoms with Crippen molar-refractivity contribution in [1.82, 2.24) is 9.55 Å². The summed E-state index contributed by atoms with van der Waals surface area (Å²) >= 11 is 7.06. The Labute approximate surface area is 122 Å². The normalized spacial score (nSPS) is 13.8. The second-order valence-corrected chi connectivity index (χ2v) is 8.16. The number of aromatic nitrogens is 2.